The molecule has 1 aromatic heterocycles. The van der Waals surface area contributed by atoms with Gasteiger partial charge in [0, 0.05) is 17.8 Å². The Balaban J connectivity index is 1.62. The van der Waals surface area contributed by atoms with Gasteiger partial charge >= 0.3 is 0 Å². The van der Waals surface area contributed by atoms with E-state index in [4.69, 9.17) is 4.74 Å². The lowest BCUT2D eigenvalue weighted by Gasteiger charge is -2.34. The van der Waals surface area contributed by atoms with E-state index in [9.17, 15) is 9.59 Å². The van der Waals surface area contributed by atoms with Gasteiger partial charge in [0.15, 0.2) is 6.10 Å². The summed E-state index contributed by atoms with van der Waals surface area (Å²) in [6.45, 7) is 4.99. The first-order valence-corrected chi connectivity index (χ1v) is 9.97. The van der Waals surface area contributed by atoms with E-state index >= 15 is 0 Å². The molecule has 0 saturated carbocycles. The predicted octanol–water partition coefficient (Wildman–Crippen LogP) is 3.27. The summed E-state index contributed by atoms with van der Waals surface area (Å²) in [6, 6.07) is 17.5. The zero-order chi connectivity index (χ0) is 20.4. The van der Waals surface area contributed by atoms with Gasteiger partial charge < -0.3 is 19.5 Å². The van der Waals surface area contributed by atoms with Crippen LogP contribution in [0.4, 0.5) is 5.69 Å². The molecule has 1 aliphatic heterocycles. The Morgan fingerprint density at radius 3 is 2.72 bits per heavy atom. The van der Waals surface area contributed by atoms with Crippen molar-refractivity contribution in [3.8, 4) is 5.75 Å². The molecule has 0 aliphatic carbocycles. The molecule has 4 rings (SSSR count). The molecule has 0 spiro atoms. The maximum atomic E-state index is 13.3. The normalized spacial score (nSPS) is 15.7. The van der Waals surface area contributed by atoms with Crippen LogP contribution in [0.15, 0.2) is 54.6 Å². The van der Waals surface area contributed by atoms with E-state index in [1.807, 2.05) is 60.9 Å². The number of fused-ring (bicyclic) bond motifs is 2. The Hall–Kier alpha value is -3.28. The van der Waals surface area contributed by atoms with E-state index in [1.165, 1.54) is 0 Å². The molecule has 1 aliphatic rings. The van der Waals surface area contributed by atoms with Crippen molar-refractivity contribution in [3.63, 3.8) is 0 Å². The van der Waals surface area contributed by atoms with E-state index in [1.54, 1.807) is 11.0 Å². The average Bonchev–Trinajstić information content (AvgIpc) is 3.06. The largest absolute Gasteiger partial charge is 0.477 e. The number of carbonyl (C=O) groups is 2. The topological polar surface area (TPSA) is 63.6 Å². The zero-order valence-corrected chi connectivity index (χ0v) is 16.7. The van der Waals surface area contributed by atoms with Crippen LogP contribution in [0.2, 0.25) is 0 Å². The summed E-state index contributed by atoms with van der Waals surface area (Å²) in [7, 11) is 0. The summed E-state index contributed by atoms with van der Waals surface area (Å²) in [5.74, 6) is 0.290. The summed E-state index contributed by atoms with van der Waals surface area (Å²) in [5, 5.41) is 3.97. The van der Waals surface area contributed by atoms with Crippen molar-refractivity contribution in [1.29, 1.82) is 0 Å². The highest BCUT2D eigenvalue weighted by Gasteiger charge is 2.33. The van der Waals surface area contributed by atoms with Crippen molar-refractivity contribution < 1.29 is 14.3 Å². The van der Waals surface area contributed by atoms with Gasteiger partial charge in [-0.3, -0.25) is 9.59 Å². The number of hydrogen-bond acceptors (Lipinski definition) is 3. The fourth-order valence-corrected chi connectivity index (χ4v) is 3.75. The molecule has 150 valence electrons. The van der Waals surface area contributed by atoms with Gasteiger partial charge in [-0.1, -0.05) is 37.3 Å². The van der Waals surface area contributed by atoms with Crippen molar-refractivity contribution >= 4 is 28.4 Å². The van der Waals surface area contributed by atoms with E-state index in [2.05, 4.69) is 11.4 Å². The number of aromatic nitrogens is 1. The number of anilines is 1. The van der Waals surface area contributed by atoms with Crippen LogP contribution in [-0.4, -0.2) is 35.6 Å². The van der Waals surface area contributed by atoms with Gasteiger partial charge in [0.05, 0.1) is 12.2 Å². The Bertz CT molecular complexity index is 1060. The van der Waals surface area contributed by atoms with Crippen LogP contribution < -0.4 is 15.0 Å². The second-order valence-corrected chi connectivity index (χ2v) is 7.30. The first-order chi connectivity index (χ1) is 14.1. The minimum atomic E-state index is -0.720. The third kappa shape index (κ3) is 3.70. The summed E-state index contributed by atoms with van der Waals surface area (Å²) in [6.07, 6.45) is 0.125. The molecular weight excluding hydrogens is 366 g/mol. The molecule has 1 atom stereocenters. The van der Waals surface area contributed by atoms with E-state index in [0.29, 0.717) is 18.0 Å². The molecule has 2 heterocycles. The van der Waals surface area contributed by atoms with Crippen LogP contribution in [0.25, 0.3) is 10.9 Å². The highest BCUT2D eigenvalue weighted by molar-refractivity contribution is 5.98. The van der Waals surface area contributed by atoms with Crippen LogP contribution in [0.3, 0.4) is 0 Å². The van der Waals surface area contributed by atoms with E-state index in [-0.39, 0.29) is 24.9 Å². The van der Waals surface area contributed by atoms with Gasteiger partial charge in [-0.25, -0.2) is 0 Å². The second-order valence-electron chi connectivity index (χ2n) is 7.30. The smallest absolute Gasteiger partial charge is 0.262 e. The van der Waals surface area contributed by atoms with Crippen LogP contribution in [-0.2, 0) is 16.1 Å². The van der Waals surface area contributed by atoms with Crippen molar-refractivity contribution in [2.45, 2.75) is 32.9 Å². The molecule has 2 amide bonds. The fourth-order valence-electron chi connectivity index (χ4n) is 3.75. The average molecular weight is 391 g/mol. The maximum Gasteiger partial charge on any atom is 0.262 e. The molecule has 0 saturated heterocycles. The van der Waals surface area contributed by atoms with Gasteiger partial charge in [-0.15, -0.1) is 0 Å². The van der Waals surface area contributed by atoms with Crippen molar-refractivity contribution in [3.05, 3.63) is 60.3 Å². The van der Waals surface area contributed by atoms with E-state index in [0.717, 1.165) is 23.0 Å². The predicted molar refractivity (Wildman–Crippen MR) is 113 cm³/mol. The van der Waals surface area contributed by atoms with Crippen molar-refractivity contribution in [2.24, 2.45) is 0 Å². The van der Waals surface area contributed by atoms with Crippen LogP contribution in [0.1, 0.15) is 19.0 Å². The number of nitrogens with zero attached hydrogens (tertiary/aromatic N) is 2. The maximum absolute atomic E-state index is 13.3. The van der Waals surface area contributed by atoms with E-state index < -0.39 is 6.10 Å². The molecule has 1 N–H and O–H groups in total. The lowest BCUT2D eigenvalue weighted by atomic mass is 10.1. The van der Waals surface area contributed by atoms with Crippen molar-refractivity contribution in [1.82, 2.24) is 9.88 Å². The quantitative estimate of drug-likeness (QED) is 0.726. The zero-order valence-electron chi connectivity index (χ0n) is 16.7. The van der Waals surface area contributed by atoms with Crippen LogP contribution in [0.5, 0.6) is 5.75 Å². The molecule has 6 nitrogen and oxygen atoms in total. The highest BCUT2D eigenvalue weighted by atomic mass is 16.5. The first-order valence-electron chi connectivity index (χ1n) is 9.97. The Kier molecular flexibility index (Phi) is 5.25. The van der Waals surface area contributed by atoms with Crippen LogP contribution >= 0.6 is 0 Å². The highest BCUT2D eigenvalue weighted by Crippen LogP contribution is 2.33. The second kappa shape index (κ2) is 7.99. The molecule has 3 aromatic rings. The minimum absolute atomic E-state index is 0.0708. The summed E-state index contributed by atoms with van der Waals surface area (Å²) < 4.78 is 7.90. The molecule has 0 unspecified atom stereocenters. The number of aryl methyl sites for hydroxylation is 1. The monoisotopic (exact) mass is 391 g/mol. The number of benzene rings is 2. The third-order valence-electron chi connectivity index (χ3n) is 5.23. The molecule has 0 fully saturated rings. The first kappa shape index (κ1) is 19.1. The van der Waals surface area contributed by atoms with Gasteiger partial charge in [0.25, 0.3) is 5.91 Å². The SMILES string of the molecule is CCCNC(=O)[C@H]1CN(C(=O)Cn2c(C)cc3ccccc32)c2ccccc2O1. The Morgan fingerprint density at radius 1 is 1.14 bits per heavy atom. The molecular formula is C23H25N3O3. The Labute approximate surface area is 170 Å². The minimum Gasteiger partial charge on any atom is -0.477 e. The number of ether oxygens (including phenoxy) is 1. The van der Waals surface area contributed by atoms with Gasteiger partial charge in [-0.05, 0) is 43.0 Å². The number of nitrogens with one attached hydrogen (secondary N) is 1. The molecule has 29 heavy (non-hydrogen) atoms. The van der Waals surface area contributed by atoms with Gasteiger partial charge in [0.2, 0.25) is 5.91 Å². The number of carbonyl (C=O) groups excluding carboxylic acids is 2. The molecule has 6 heteroatoms. The lowest BCUT2D eigenvalue weighted by molar-refractivity contribution is -0.128. The summed E-state index contributed by atoms with van der Waals surface area (Å²) >= 11 is 0. The number of rotatable bonds is 5. The summed E-state index contributed by atoms with van der Waals surface area (Å²) in [4.78, 5) is 27.5. The summed E-state index contributed by atoms with van der Waals surface area (Å²) in [5.41, 5.74) is 2.75. The number of hydrogen-bond donors (Lipinski definition) is 1. The van der Waals surface area contributed by atoms with Crippen LogP contribution in [0, 0.1) is 6.92 Å². The lowest BCUT2D eigenvalue weighted by Crippen LogP contribution is -2.51. The molecule has 0 bridgehead atoms. The molecule has 0 radical (unpaired) electrons. The van der Waals surface area contributed by atoms with Crippen molar-refractivity contribution in [2.75, 3.05) is 18.0 Å². The standard InChI is InChI=1S/C23H25N3O3/c1-3-12-24-23(28)21-14-26(19-10-6-7-11-20(19)29-21)22(27)15-25-16(2)13-17-8-4-5-9-18(17)25/h4-11,13,21H,3,12,14-15H2,1-2H3,(H,24,28)/t21-/m1/s1. The van der Waals surface area contributed by atoms with Gasteiger partial charge in [0.1, 0.15) is 12.3 Å². The molecule has 2 aromatic carbocycles. The number of para-hydroxylation sites is 3. The third-order valence-corrected chi connectivity index (χ3v) is 5.23. The van der Waals surface area contributed by atoms with Gasteiger partial charge in [-0.2, -0.15) is 0 Å². The Morgan fingerprint density at radius 2 is 1.90 bits per heavy atom. The fraction of sp³-hybridized carbons (Fsp3) is 0.304. The number of amides is 2.